The second-order valence-electron chi connectivity index (χ2n) is 8.13. The molecule has 0 radical (unpaired) electrons. The van der Waals surface area contributed by atoms with Crippen LogP contribution >= 0.6 is 0 Å². The highest BCUT2D eigenvalue weighted by Gasteiger charge is 2.33. The number of fused-ring (bicyclic) bond motifs is 1. The number of rotatable bonds is 5. The first-order valence-electron chi connectivity index (χ1n) is 10.1. The number of carbonyl (C=O) groups excluding carboxylic acids is 1. The van der Waals surface area contributed by atoms with Crippen LogP contribution in [0.3, 0.4) is 0 Å². The van der Waals surface area contributed by atoms with Crippen LogP contribution in [0.1, 0.15) is 63.6 Å². The number of likely N-dealkylation sites (N-methyl/N-ethyl adjacent to an activating group) is 1. The standard InChI is InChI=1S/C19H33N5O2/c1-22(2)19(11-7-3-4-8-12-19)15-20-17(25)14-24-18(26)23-13-9-5-6-10-16(23)21-24/h3-15H2,1-2H3,(H,20,25). The van der Waals surface area contributed by atoms with E-state index in [1.807, 2.05) is 0 Å². The zero-order chi connectivity index (χ0) is 18.6. The fraction of sp³-hybridized carbons (Fsp3) is 0.842. The lowest BCUT2D eigenvalue weighted by Crippen LogP contribution is -2.53. The largest absolute Gasteiger partial charge is 0.353 e. The number of nitrogens with zero attached hydrogens (tertiary/aromatic N) is 4. The molecule has 0 saturated heterocycles. The molecule has 1 fully saturated rings. The van der Waals surface area contributed by atoms with Crippen molar-refractivity contribution in [2.24, 2.45) is 0 Å². The van der Waals surface area contributed by atoms with Crippen LogP contribution in [0.25, 0.3) is 0 Å². The van der Waals surface area contributed by atoms with Gasteiger partial charge >= 0.3 is 5.69 Å². The zero-order valence-corrected chi connectivity index (χ0v) is 16.3. The molecule has 0 aromatic carbocycles. The molecule has 0 bridgehead atoms. The van der Waals surface area contributed by atoms with Gasteiger partial charge in [0.15, 0.2) is 0 Å². The second-order valence-corrected chi connectivity index (χ2v) is 8.13. The molecule has 1 N–H and O–H groups in total. The van der Waals surface area contributed by atoms with Gasteiger partial charge in [0.25, 0.3) is 0 Å². The molecular formula is C19H33N5O2. The average Bonchev–Trinajstić information content (AvgIpc) is 2.87. The van der Waals surface area contributed by atoms with Gasteiger partial charge in [-0.25, -0.2) is 9.48 Å². The molecule has 2 heterocycles. The van der Waals surface area contributed by atoms with Crippen LogP contribution in [0.5, 0.6) is 0 Å². The molecule has 2 aliphatic rings. The Hall–Kier alpha value is -1.63. The third-order valence-electron chi connectivity index (χ3n) is 6.17. The highest BCUT2D eigenvalue weighted by Crippen LogP contribution is 2.30. The Morgan fingerprint density at radius 1 is 1.12 bits per heavy atom. The molecule has 1 saturated carbocycles. The predicted octanol–water partition coefficient (Wildman–Crippen LogP) is 1.54. The van der Waals surface area contributed by atoms with Crippen molar-refractivity contribution < 1.29 is 4.79 Å². The Morgan fingerprint density at radius 3 is 2.50 bits per heavy atom. The lowest BCUT2D eigenvalue weighted by molar-refractivity contribution is -0.122. The smallest absolute Gasteiger partial charge is 0.346 e. The van der Waals surface area contributed by atoms with Gasteiger partial charge in [0.05, 0.1) is 0 Å². The van der Waals surface area contributed by atoms with Crippen molar-refractivity contribution in [3.63, 3.8) is 0 Å². The Bertz CT molecular complexity index is 668. The van der Waals surface area contributed by atoms with E-state index in [1.165, 1.54) is 30.4 Å². The number of hydrogen-bond acceptors (Lipinski definition) is 4. The number of hydrogen-bond donors (Lipinski definition) is 1. The van der Waals surface area contributed by atoms with E-state index in [0.29, 0.717) is 6.54 Å². The van der Waals surface area contributed by atoms with Gasteiger partial charge in [-0.1, -0.05) is 32.1 Å². The number of amides is 1. The lowest BCUT2D eigenvalue weighted by Gasteiger charge is -2.39. The summed E-state index contributed by atoms with van der Waals surface area (Å²) >= 11 is 0. The van der Waals surface area contributed by atoms with Crippen molar-refractivity contribution in [1.82, 2.24) is 24.6 Å². The van der Waals surface area contributed by atoms with Crippen molar-refractivity contribution in [3.05, 3.63) is 16.3 Å². The van der Waals surface area contributed by atoms with Crippen molar-refractivity contribution in [3.8, 4) is 0 Å². The molecule has 0 spiro atoms. The van der Waals surface area contributed by atoms with Crippen LogP contribution < -0.4 is 11.0 Å². The van der Waals surface area contributed by atoms with Crippen LogP contribution in [0.4, 0.5) is 0 Å². The molecule has 0 unspecified atom stereocenters. The first kappa shape index (κ1) is 19.1. The second kappa shape index (κ2) is 8.37. The zero-order valence-electron chi connectivity index (χ0n) is 16.3. The van der Waals surface area contributed by atoms with Gasteiger partial charge in [0.2, 0.25) is 5.91 Å². The maximum atomic E-state index is 12.5. The molecule has 3 rings (SSSR count). The Kier molecular flexibility index (Phi) is 6.16. The fourth-order valence-electron chi connectivity index (χ4n) is 4.35. The molecule has 26 heavy (non-hydrogen) atoms. The minimum absolute atomic E-state index is 0.0162. The molecule has 7 nitrogen and oxygen atoms in total. The van der Waals surface area contributed by atoms with Crippen molar-refractivity contribution in [2.75, 3.05) is 20.6 Å². The average molecular weight is 364 g/mol. The summed E-state index contributed by atoms with van der Waals surface area (Å²) in [4.78, 5) is 27.3. The molecule has 0 atom stereocenters. The monoisotopic (exact) mass is 363 g/mol. The van der Waals surface area contributed by atoms with Gasteiger partial charge in [-0.15, -0.1) is 0 Å². The summed E-state index contributed by atoms with van der Waals surface area (Å²) in [5.74, 6) is 0.708. The first-order valence-corrected chi connectivity index (χ1v) is 10.1. The summed E-state index contributed by atoms with van der Waals surface area (Å²) in [5, 5.41) is 7.49. The third kappa shape index (κ3) is 4.19. The van der Waals surface area contributed by atoms with Gasteiger partial charge in [-0.2, -0.15) is 5.10 Å². The van der Waals surface area contributed by atoms with Crippen molar-refractivity contribution in [1.29, 1.82) is 0 Å². The summed E-state index contributed by atoms with van der Waals surface area (Å²) in [6.45, 7) is 1.38. The number of aromatic nitrogens is 3. The van der Waals surface area contributed by atoms with E-state index >= 15 is 0 Å². The summed E-state index contributed by atoms with van der Waals surface area (Å²) in [6, 6.07) is 0. The minimum Gasteiger partial charge on any atom is -0.353 e. The summed E-state index contributed by atoms with van der Waals surface area (Å²) < 4.78 is 3.08. The van der Waals surface area contributed by atoms with E-state index in [9.17, 15) is 9.59 Å². The summed E-state index contributed by atoms with van der Waals surface area (Å²) in [7, 11) is 4.21. The van der Waals surface area contributed by atoms with Crippen molar-refractivity contribution >= 4 is 5.91 Å². The Labute approximate surface area is 155 Å². The lowest BCUT2D eigenvalue weighted by atomic mass is 9.88. The van der Waals surface area contributed by atoms with Crippen LogP contribution in [0.2, 0.25) is 0 Å². The maximum absolute atomic E-state index is 12.5. The number of aryl methyl sites for hydroxylation is 1. The molecule has 1 aromatic heterocycles. The van der Waals surface area contributed by atoms with Crippen LogP contribution in [0, 0.1) is 0 Å². The highest BCUT2D eigenvalue weighted by molar-refractivity contribution is 5.75. The van der Waals surface area contributed by atoms with E-state index in [-0.39, 0.29) is 23.7 Å². The predicted molar refractivity (Wildman–Crippen MR) is 101 cm³/mol. The Balaban J connectivity index is 1.63. The van der Waals surface area contributed by atoms with Crippen LogP contribution in [0.15, 0.2) is 4.79 Å². The van der Waals surface area contributed by atoms with E-state index in [4.69, 9.17) is 0 Å². The quantitative estimate of drug-likeness (QED) is 0.806. The number of carbonyl (C=O) groups is 1. The molecule has 1 amide bonds. The molecule has 1 aliphatic heterocycles. The normalized spacial score (nSPS) is 20.3. The van der Waals surface area contributed by atoms with Crippen LogP contribution in [-0.4, -0.2) is 51.3 Å². The van der Waals surface area contributed by atoms with E-state index in [1.54, 1.807) is 4.57 Å². The summed E-state index contributed by atoms with van der Waals surface area (Å²) in [5.41, 5.74) is -0.114. The molecule has 1 aliphatic carbocycles. The van der Waals surface area contributed by atoms with Gasteiger partial charge < -0.3 is 10.2 Å². The SMILES string of the molecule is CN(C)C1(CNC(=O)Cn2nc3n(c2=O)CCCCC3)CCCCCC1. The first-order chi connectivity index (χ1) is 12.5. The van der Waals surface area contributed by atoms with E-state index in [0.717, 1.165) is 50.9 Å². The van der Waals surface area contributed by atoms with Gasteiger partial charge in [0, 0.05) is 25.0 Å². The summed E-state index contributed by atoms with van der Waals surface area (Å²) in [6.07, 6.45) is 11.2. The maximum Gasteiger partial charge on any atom is 0.346 e. The molecule has 7 heteroatoms. The fourth-order valence-corrected chi connectivity index (χ4v) is 4.35. The molecule has 146 valence electrons. The van der Waals surface area contributed by atoms with Crippen LogP contribution in [-0.2, 0) is 24.3 Å². The molecule has 1 aromatic rings. The highest BCUT2D eigenvalue weighted by atomic mass is 16.2. The number of nitrogens with one attached hydrogen (secondary N) is 1. The van der Waals surface area contributed by atoms with Crippen molar-refractivity contribution in [2.45, 2.75) is 82.8 Å². The van der Waals surface area contributed by atoms with Gasteiger partial charge in [0.1, 0.15) is 12.4 Å². The Morgan fingerprint density at radius 2 is 1.81 bits per heavy atom. The topological polar surface area (TPSA) is 72.2 Å². The molecular weight excluding hydrogens is 330 g/mol. The third-order valence-corrected chi connectivity index (χ3v) is 6.17. The van der Waals surface area contributed by atoms with E-state index in [2.05, 4.69) is 29.4 Å². The minimum atomic E-state index is -0.145. The van der Waals surface area contributed by atoms with Gasteiger partial charge in [-0.05, 0) is 39.8 Å². The van der Waals surface area contributed by atoms with E-state index < -0.39 is 0 Å². The van der Waals surface area contributed by atoms with Gasteiger partial charge in [-0.3, -0.25) is 9.36 Å².